The van der Waals surface area contributed by atoms with Gasteiger partial charge in [0.2, 0.25) is 0 Å². The first-order valence-corrected chi connectivity index (χ1v) is 8.15. The molecule has 1 unspecified atom stereocenters. The fraction of sp³-hybridized carbons (Fsp3) is 0.286. The van der Waals surface area contributed by atoms with E-state index in [4.69, 9.17) is 27.9 Å². The molecule has 2 N–H and O–H groups in total. The molecule has 0 saturated heterocycles. The minimum absolute atomic E-state index is 0.0168. The molecule has 1 aromatic heterocycles. The Morgan fingerprint density at radius 2 is 2.22 bits per heavy atom. The molecule has 0 spiro atoms. The molecule has 0 radical (unpaired) electrons. The van der Waals surface area contributed by atoms with E-state index in [0.717, 1.165) is 0 Å². The molecule has 0 aliphatic carbocycles. The minimum Gasteiger partial charge on any atom is -0.489 e. The zero-order chi connectivity index (χ0) is 17.0. The predicted molar refractivity (Wildman–Crippen MR) is 93.6 cm³/mol. The number of halogens is 3. The quantitative estimate of drug-likeness (QED) is 0.748. The van der Waals surface area contributed by atoms with Crippen molar-refractivity contribution in [2.75, 3.05) is 18.5 Å². The molecule has 23 heavy (non-hydrogen) atoms. The number of aryl methyl sites for hydroxylation is 1. The molecule has 0 aliphatic heterocycles. The summed E-state index contributed by atoms with van der Waals surface area (Å²) in [6.45, 7) is 0.189. The molecule has 0 bridgehead atoms. The Morgan fingerprint density at radius 3 is 2.96 bits per heavy atom. The summed E-state index contributed by atoms with van der Waals surface area (Å²) in [5.74, 6) is 0.398. The Balaban J connectivity index is 1.91. The van der Waals surface area contributed by atoms with Crippen molar-refractivity contribution >= 4 is 44.8 Å². The second-order valence-corrected chi connectivity index (χ2v) is 6.28. The van der Waals surface area contributed by atoms with Crippen molar-refractivity contribution in [2.24, 2.45) is 7.05 Å². The number of aromatic nitrogens is 2. The molecule has 6 nitrogen and oxygen atoms in total. The normalized spacial score (nSPS) is 12.0. The SMILES string of the molecule is Cn1ncc(NCC(O)COc2cccc(Cl)c2Cl)c(Br)c1=O. The second kappa shape index (κ2) is 8.01. The van der Waals surface area contributed by atoms with Crippen molar-refractivity contribution in [3.8, 4) is 5.75 Å². The molecule has 2 rings (SSSR count). The van der Waals surface area contributed by atoms with Crippen LogP contribution in [0.3, 0.4) is 0 Å². The van der Waals surface area contributed by atoms with Gasteiger partial charge in [-0.2, -0.15) is 5.10 Å². The first kappa shape index (κ1) is 18.1. The highest BCUT2D eigenvalue weighted by atomic mass is 79.9. The Labute approximate surface area is 151 Å². The Bertz CT molecular complexity index is 755. The highest BCUT2D eigenvalue weighted by Crippen LogP contribution is 2.31. The van der Waals surface area contributed by atoms with Gasteiger partial charge in [-0.3, -0.25) is 4.79 Å². The van der Waals surface area contributed by atoms with E-state index in [0.29, 0.717) is 26.0 Å². The summed E-state index contributed by atoms with van der Waals surface area (Å²) in [6.07, 6.45) is 0.674. The van der Waals surface area contributed by atoms with Crippen LogP contribution in [0.5, 0.6) is 5.75 Å². The molecular formula is C14H14BrCl2N3O3. The first-order valence-electron chi connectivity index (χ1n) is 6.60. The zero-order valence-electron chi connectivity index (χ0n) is 12.1. The molecule has 2 aromatic rings. The fourth-order valence-corrected chi connectivity index (χ4v) is 2.55. The number of anilines is 1. The highest BCUT2D eigenvalue weighted by Gasteiger charge is 2.11. The van der Waals surface area contributed by atoms with Crippen molar-refractivity contribution in [1.82, 2.24) is 9.78 Å². The predicted octanol–water partition coefficient (Wildman–Crippen LogP) is 2.70. The van der Waals surface area contributed by atoms with Crippen LogP contribution in [0.15, 0.2) is 33.7 Å². The molecule has 1 aromatic carbocycles. The maximum Gasteiger partial charge on any atom is 0.282 e. The Morgan fingerprint density at radius 1 is 1.48 bits per heavy atom. The molecule has 1 atom stereocenters. The van der Waals surface area contributed by atoms with Gasteiger partial charge in [-0.05, 0) is 28.1 Å². The third-order valence-electron chi connectivity index (χ3n) is 2.95. The van der Waals surface area contributed by atoms with Gasteiger partial charge in [-0.1, -0.05) is 29.3 Å². The molecule has 124 valence electrons. The van der Waals surface area contributed by atoms with Gasteiger partial charge in [-0.25, -0.2) is 4.68 Å². The number of ether oxygens (including phenoxy) is 1. The summed E-state index contributed by atoms with van der Waals surface area (Å²) in [6, 6.07) is 5.02. The lowest BCUT2D eigenvalue weighted by atomic mass is 10.3. The monoisotopic (exact) mass is 421 g/mol. The van der Waals surface area contributed by atoms with E-state index in [1.54, 1.807) is 25.2 Å². The van der Waals surface area contributed by atoms with Crippen molar-refractivity contribution < 1.29 is 9.84 Å². The van der Waals surface area contributed by atoms with E-state index in [-0.39, 0.29) is 18.7 Å². The molecule has 0 saturated carbocycles. The number of benzene rings is 1. The van der Waals surface area contributed by atoms with Crippen LogP contribution in [-0.4, -0.2) is 34.1 Å². The fourth-order valence-electron chi connectivity index (χ4n) is 1.70. The third-order valence-corrected chi connectivity index (χ3v) is 4.52. The second-order valence-electron chi connectivity index (χ2n) is 4.70. The highest BCUT2D eigenvalue weighted by molar-refractivity contribution is 9.10. The van der Waals surface area contributed by atoms with Crippen LogP contribution >= 0.6 is 39.1 Å². The molecule has 0 fully saturated rings. The van der Waals surface area contributed by atoms with Crippen LogP contribution in [0, 0.1) is 0 Å². The van der Waals surface area contributed by atoms with Crippen LogP contribution < -0.4 is 15.6 Å². The summed E-state index contributed by atoms with van der Waals surface area (Å²) < 4.78 is 6.99. The zero-order valence-corrected chi connectivity index (χ0v) is 15.2. The summed E-state index contributed by atoms with van der Waals surface area (Å²) in [4.78, 5) is 11.7. The topological polar surface area (TPSA) is 76.4 Å². The number of hydrogen-bond acceptors (Lipinski definition) is 5. The van der Waals surface area contributed by atoms with Gasteiger partial charge < -0.3 is 15.2 Å². The van der Waals surface area contributed by atoms with Gasteiger partial charge in [0.05, 0.1) is 16.9 Å². The lowest BCUT2D eigenvalue weighted by Gasteiger charge is -2.15. The van der Waals surface area contributed by atoms with Crippen LogP contribution in [0.25, 0.3) is 0 Å². The summed E-state index contributed by atoms with van der Waals surface area (Å²) >= 11 is 15.1. The van der Waals surface area contributed by atoms with Crippen molar-refractivity contribution in [3.63, 3.8) is 0 Å². The van der Waals surface area contributed by atoms with Crippen molar-refractivity contribution in [3.05, 3.63) is 49.3 Å². The molecule has 0 amide bonds. The molecule has 9 heteroatoms. The Hall–Kier alpha value is -1.28. The van der Waals surface area contributed by atoms with Crippen LogP contribution in [0.1, 0.15) is 0 Å². The van der Waals surface area contributed by atoms with Gasteiger partial charge in [0, 0.05) is 13.6 Å². The van der Waals surface area contributed by atoms with E-state index < -0.39 is 6.10 Å². The summed E-state index contributed by atoms with van der Waals surface area (Å²) in [7, 11) is 1.55. The lowest BCUT2D eigenvalue weighted by molar-refractivity contribution is 0.117. The van der Waals surface area contributed by atoms with E-state index in [1.807, 2.05) is 0 Å². The minimum atomic E-state index is -0.819. The number of hydrogen-bond donors (Lipinski definition) is 2. The maximum atomic E-state index is 11.7. The standard InChI is InChI=1S/C14H14BrCl2N3O3/c1-20-14(22)12(15)10(6-19-20)18-5-8(21)7-23-11-4-2-3-9(16)13(11)17/h2-4,6,8,18,21H,5,7H2,1H3. The van der Waals surface area contributed by atoms with Crippen LogP contribution in [-0.2, 0) is 7.05 Å². The van der Waals surface area contributed by atoms with Crippen LogP contribution in [0.4, 0.5) is 5.69 Å². The lowest BCUT2D eigenvalue weighted by Crippen LogP contribution is -2.28. The van der Waals surface area contributed by atoms with Gasteiger partial charge in [-0.15, -0.1) is 0 Å². The van der Waals surface area contributed by atoms with E-state index in [1.165, 1.54) is 10.9 Å². The number of nitrogens with zero attached hydrogens (tertiary/aromatic N) is 2. The van der Waals surface area contributed by atoms with Crippen LogP contribution in [0.2, 0.25) is 10.0 Å². The third kappa shape index (κ3) is 4.60. The average molecular weight is 423 g/mol. The molecular weight excluding hydrogens is 409 g/mol. The van der Waals surface area contributed by atoms with E-state index >= 15 is 0 Å². The molecule has 0 aliphatic rings. The van der Waals surface area contributed by atoms with Gasteiger partial charge in [0.25, 0.3) is 5.56 Å². The molecule has 1 heterocycles. The van der Waals surface area contributed by atoms with Gasteiger partial charge >= 0.3 is 0 Å². The van der Waals surface area contributed by atoms with Crippen molar-refractivity contribution in [2.45, 2.75) is 6.10 Å². The number of aliphatic hydroxyl groups excluding tert-OH is 1. The summed E-state index contributed by atoms with van der Waals surface area (Å²) in [5.41, 5.74) is 0.222. The smallest absolute Gasteiger partial charge is 0.282 e. The summed E-state index contributed by atoms with van der Waals surface area (Å²) in [5, 5.41) is 17.5. The average Bonchev–Trinajstić information content (AvgIpc) is 2.53. The number of rotatable bonds is 6. The number of nitrogens with one attached hydrogen (secondary N) is 1. The maximum absolute atomic E-state index is 11.7. The van der Waals surface area contributed by atoms with Crippen molar-refractivity contribution in [1.29, 1.82) is 0 Å². The Kier molecular flexibility index (Phi) is 6.29. The largest absolute Gasteiger partial charge is 0.489 e. The first-order chi connectivity index (χ1) is 10.9. The van der Waals surface area contributed by atoms with Gasteiger partial charge in [0.15, 0.2) is 0 Å². The van der Waals surface area contributed by atoms with E-state index in [2.05, 4.69) is 26.3 Å². The number of aliphatic hydroxyl groups is 1. The van der Waals surface area contributed by atoms with Gasteiger partial charge in [0.1, 0.15) is 28.0 Å². The van der Waals surface area contributed by atoms with E-state index in [9.17, 15) is 9.90 Å².